The van der Waals surface area contributed by atoms with Crippen LogP contribution in [-0.4, -0.2) is 47.2 Å². The van der Waals surface area contributed by atoms with Crippen molar-refractivity contribution in [2.75, 3.05) is 20.2 Å². The average Bonchev–Trinajstić information content (AvgIpc) is 2.48. The first kappa shape index (κ1) is 14.8. The third kappa shape index (κ3) is 3.93. The van der Waals surface area contributed by atoms with Crippen LogP contribution in [0.1, 0.15) is 42.5 Å². The molecule has 5 heteroatoms. The molecule has 0 aromatic carbocycles. The lowest BCUT2D eigenvalue weighted by Crippen LogP contribution is -2.29. The van der Waals surface area contributed by atoms with E-state index in [1.54, 1.807) is 25.4 Å². The smallest absolute Gasteiger partial charge is 0.253 e. The zero-order chi connectivity index (χ0) is 14.4. The number of carbonyl (C=O) groups excluding carboxylic acids is 1. The first-order valence-electron chi connectivity index (χ1n) is 7.19. The molecule has 1 aliphatic rings. The first-order chi connectivity index (χ1) is 9.70. The number of aliphatic hydroxyl groups excluding tert-OH is 1. The van der Waals surface area contributed by atoms with Crippen molar-refractivity contribution in [3.8, 4) is 5.88 Å². The highest BCUT2D eigenvalue weighted by Gasteiger charge is 2.17. The Morgan fingerprint density at radius 3 is 2.90 bits per heavy atom. The highest BCUT2D eigenvalue weighted by Crippen LogP contribution is 2.22. The second kappa shape index (κ2) is 7.24. The van der Waals surface area contributed by atoms with E-state index < -0.39 is 0 Å². The van der Waals surface area contributed by atoms with Gasteiger partial charge in [0.2, 0.25) is 5.88 Å². The van der Waals surface area contributed by atoms with E-state index in [2.05, 4.69) is 4.98 Å². The van der Waals surface area contributed by atoms with Crippen LogP contribution in [0.15, 0.2) is 18.3 Å². The molecule has 20 heavy (non-hydrogen) atoms. The molecule has 0 atom stereocenters. The Kier molecular flexibility index (Phi) is 5.35. The quantitative estimate of drug-likeness (QED) is 0.893. The average molecular weight is 278 g/mol. The van der Waals surface area contributed by atoms with Gasteiger partial charge in [0.05, 0.1) is 6.61 Å². The van der Waals surface area contributed by atoms with E-state index in [9.17, 15) is 4.79 Å². The summed E-state index contributed by atoms with van der Waals surface area (Å²) in [5.41, 5.74) is 0.543. The minimum Gasteiger partial charge on any atom is -0.474 e. The van der Waals surface area contributed by atoms with Gasteiger partial charge in [-0.05, 0) is 31.7 Å². The van der Waals surface area contributed by atoms with Crippen molar-refractivity contribution >= 4 is 5.91 Å². The van der Waals surface area contributed by atoms with E-state index in [-0.39, 0.29) is 18.6 Å². The van der Waals surface area contributed by atoms with Crippen molar-refractivity contribution in [3.05, 3.63) is 23.9 Å². The molecule has 1 N–H and O–H groups in total. The molecule has 1 saturated carbocycles. The number of hydrogen-bond acceptors (Lipinski definition) is 4. The van der Waals surface area contributed by atoms with Gasteiger partial charge in [-0.3, -0.25) is 4.79 Å². The van der Waals surface area contributed by atoms with Crippen molar-refractivity contribution in [3.63, 3.8) is 0 Å². The van der Waals surface area contributed by atoms with E-state index in [0.717, 1.165) is 12.8 Å². The van der Waals surface area contributed by atoms with E-state index in [4.69, 9.17) is 9.84 Å². The Hall–Kier alpha value is -1.62. The molecular formula is C15H22N2O3. The lowest BCUT2D eigenvalue weighted by atomic mass is 9.98. The third-order valence-electron chi connectivity index (χ3n) is 3.60. The second-order valence-corrected chi connectivity index (χ2v) is 5.21. The molecule has 0 radical (unpaired) electrons. The van der Waals surface area contributed by atoms with E-state index in [1.807, 2.05) is 0 Å². The van der Waals surface area contributed by atoms with Crippen LogP contribution in [-0.2, 0) is 0 Å². The Bertz CT molecular complexity index is 444. The zero-order valence-corrected chi connectivity index (χ0v) is 11.9. The first-order valence-corrected chi connectivity index (χ1v) is 7.19. The fourth-order valence-electron chi connectivity index (χ4n) is 2.43. The van der Waals surface area contributed by atoms with Crippen molar-refractivity contribution < 1.29 is 14.6 Å². The second-order valence-electron chi connectivity index (χ2n) is 5.21. The van der Waals surface area contributed by atoms with Crippen LogP contribution in [0.4, 0.5) is 0 Å². The fourth-order valence-corrected chi connectivity index (χ4v) is 2.43. The van der Waals surface area contributed by atoms with Gasteiger partial charge in [0.1, 0.15) is 6.10 Å². The number of hydrogen-bond donors (Lipinski definition) is 1. The number of pyridine rings is 1. The summed E-state index contributed by atoms with van der Waals surface area (Å²) in [4.78, 5) is 17.8. The van der Waals surface area contributed by atoms with E-state index in [1.165, 1.54) is 24.2 Å². The number of amides is 1. The fraction of sp³-hybridized carbons (Fsp3) is 0.600. The Labute approximate surface area is 119 Å². The van der Waals surface area contributed by atoms with Crippen LogP contribution < -0.4 is 4.74 Å². The molecule has 1 amide bonds. The number of ether oxygens (including phenoxy) is 1. The molecule has 2 rings (SSSR count). The molecule has 0 saturated heterocycles. The van der Waals surface area contributed by atoms with Gasteiger partial charge in [0.15, 0.2) is 0 Å². The van der Waals surface area contributed by atoms with Gasteiger partial charge in [-0.1, -0.05) is 6.42 Å². The molecule has 1 fully saturated rings. The number of nitrogens with zero attached hydrogens (tertiary/aromatic N) is 2. The summed E-state index contributed by atoms with van der Waals surface area (Å²) in [5.74, 6) is 0.384. The van der Waals surface area contributed by atoms with Crippen LogP contribution in [0, 0.1) is 0 Å². The molecule has 0 unspecified atom stereocenters. The van der Waals surface area contributed by atoms with Crippen LogP contribution in [0.5, 0.6) is 5.88 Å². The van der Waals surface area contributed by atoms with Gasteiger partial charge < -0.3 is 14.7 Å². The number of aromatic nitrogens is 1. The highest BCUT2D eigenvalue weighted by molar-refractivity contribution is 5.94. The molecule has 1 aromatic rings. The summed E-state index contributed by atoms with van der Waals surface area (Å²) in [5, 5.41) is 8.87. The summed E-state index contributed by atoms with van der Waals surface area (Å²) >= 11 is 0. The molecule has 0 spiro atoms. The molecular weight excluding hydrogens is 256 g/mol. The molecule has 5 nitrogen and oxygen atoms in total. The van der Waals surface area contributed by atoms with Crippen LogP contribution >= 0.6 is 0 Å². The number of aliphatic hydroxyl groups is 1. The highest BCUT2D eigenvalue weighted by atomic mass is 16.5. The van der Waals surface area contributed by atoms with Gasteiger partial charge in [0, 0.05) is 31.4 Å². The Morgan fingerprint density at radius 2 is 2.20 bits per heavy atom. The topological polar surface area (TPSA) is 62.7 Å². The maximum absolute atomic E-state index is 12.1. The Morgan fingerprint density at radius 1 is 1.45 bits per heavy atom. The molecule has 1 aliphatic carbocycles. The monoisotopic (exact) mass is 278 g/mol. The van der Waals surface area contributed by atoms with E-state index in [0.29, 0.717) is 18.0 Å². The maximum Gasteiger partial charge on any atom is 0.253 e. The lowest BCUT2D eigenvalue weighted by Gasteiger charge is -2.22. The van der Waals surface area contributed by atoms with Gasteiger partial charge in [-0.25, -0.2) is 4.98 Å². The zero-order valence-electron chi connectivity index (χ0n) is 11.9. The molecule has 0 aliphatic heterocycles. The predicted molar refractivity (Wildman–Crippen MR) is 75.8 cm³/mol. The van der Waals surface area contributed by atoms with Gasteiger partial charge in [-0.2, -0.15) is 0 Å². The summed E-state index contributed by atoms with van der Waals surface area (Å²) in [7, 11) is 1.67. The largest absolute Gasteiger partial charge is 0.474 e. The van der Waals surface area contributed by atoms with E-state index >= 15 is 0 Å². The van der Waals surface area contributed by atoms with Gasteiger partial charge >= 0.3 is 0 Å². The minimum atomic E-state index is -0.130. The molecule has 1 aromatic heterocycles. The third-order valence-corrected chi connectivity index (χ3v) is 3.60. The normalized spacial score (nSPS) is 15.9. The van der Waals surface area contributed by atoms with Crippen molar-refractivity contribution in [1.82, 2.24) is 9.88 Å². The SMILES string of the molecule is CN(CCO)C(=O)c1ccnc(OC2CCCCC2)c1. The van der Waals surface area contributed by atoms with Crippen molar-refractivity contribution in [1.29, 1.82) is 0 Å². The Balaban J connectivity index is 2.01. The van der Waals surface area contributed by atoms with Crippen LogP contribution in [0.3, 0.4) is 0 Å². The van der Waals surface area contributed by atoms with Crippen LogP contribution in [0.25, 0.3) is 0 Å². The molecule has 110 valence electrons. The summed E-state index contributed by atoms with van der Waals surface area (Å²) in [6.45, 7) is 0.277. The predicted octanol–water partition coefficient (Wildman–Crippen LogP) is 1.86. The number of carbonyl (C=O) groups is 1. The van der Waals surface area contributed by atoms with Gasteiger partial charge in [-0.15, -0.1) is 0 Å². The summed E-state index contributed by atoms with van der Waals surface area (Å²) < 4.78 is 5.85. The summed E-state index contributed by atoms with van der Waals surface area (Å²) in [6.07, 6.45) is 7.60. The van der Waals surface area contributed by atoms with Crippen molar-refractivity contribution in [2.45, 2.75) is 38.2 Å². The van der Waals surface area contributed by atoms with Crippen LogP contribution in [0.2, 0.25) is 0 Å². The van der Waals surface area contributed by atoms with Gasteiger partial charge in [0.25, 0.3) is 5.91 Å². The summed E-state index contributed by atoms with van der Waals surface area (Å²) in [6, 6.07) is 3.36. The standard InChI is InChI=1S/C15H22N2O3/c1-17(9-10-18)15(19)12-7-8-16-14(11-12)20-13-5-3-2-4-6-13/h7-8,11,13,18H,2-6,9-10H2,1H3. The maximum atomic E-state index is 12.1. The minimum absolute atomic E-state index is 0.0429. The lowest BCUT2D eigenvalue weighted by molar-refractivity contribution is 0.0765. The molecule has 0 bridgehead atoms. The number of rotatable bonds is 5. The van der Waals surface area contributed by atoms with Crippen molar-refractivity contribution in [2.24, 2.45) is 0 Å². The number of likely N-dealkylation sites (N-methyl/N-ethyl adjacent to an activating group) is 1. The molecule has 1 heterocycles.